The lowest BCUT2D eigenvalue weighted by atomic mass is 9.86. The molecule has 0 aliphatic carbocycles. The van der Waals surface area contributed by atoms with Crippen LogP contribution in [0.2, 0.25) is 0 Å². The summed E-state index contributed by atoms with van der Waals surface area (Å²) in [5.41, 5.74) is 7.13. The van der Waals surface area contributed by atoms with E-state index in [4.69, 9.17) is 9.73 Å². The summed E-state index contributed by atoms with van der Waals surface area (Å²) in [6, 6.07) is 31.6. The highest BCUT2D eigenvalue weighted by Gasteiger charge is 2.20. The summed E-state index contributed by atoms with van der Waals surface area (Å²) in [6.45, 7) is 11.7. The average Bonchev–Trinajstić information content (AvgIpc) is 2.84. The molecule has 4 aromatic rings. The molecule has 0 heterocycles. The predicted octanol–water partition coefficient (Wildman–Crippen LogP) is 7.56. The summed E-state index contributed by atoms with van der Waals surface area (Å²) in [4.78, 5) is 4.74. The number of aryl methyl sites for hydroxylation is 2. The molecule has 178 valence electrons. The minimum Gasteiger partial charge on any atom is -0.488 e. The third kappa shape index (κ3) is 6.47. The molecule has 0 saturated heterocycles. The maximum atomic E-state index is 6.48. The van der Waals surface area contributed by atoms with E-state index in [1.165, 1.54) is 32.9 Å². The zero-order valence-electron chi connectivity index (χ0n) is 21.3. The fourth-order valence-corrected chi connectivity index (χ4v) is 5.44. The topological polar surface area (TPSA) is 21.6 Å². The second-order valence-electron chi connectivity index (χ2n) is 9.95. The van der Waals surface area contributed by atoms with E-state index in [-0.39, 0.29) is 5.41 Å². The van der Waals surface area contributed by atoms with Crippen LogP contribution in [0.15, 0.2) is 96.0 Å². The molecule has 1 atom stereocenters. The third-order valence-electron chi connectivity index (χ3n) is 6.04. The lowest BCUT2D eigenvalue weighted by Crippen LogP contribution is -2.19. The number of aliphatic imine (C=N–C) groups is 1. The van der Waals surface area contributed by atoms with Gasteiger partial charge in [0.2, 0.25) is 0 Å². The number of benzene rings is 4. The Morgan fingerprint density at radius 3 is 2.17 bits per heavy atom. The third-order valence-corrected chi connectivity index (χ3v) is 7.61. The predicted molar refractivity (Wildman–Crippen MR) is 153 cm³/mol. The Labute approximate surface area is 211 Å². The molecule has 4 aromatic carbocycles. The van der Waals surface area contributed by atoms with E-state index in [1.807, 2.05) is 42.6 Å². The van der Waals surface area contributed by atoms with Crippen molar-refractivity contribution in [2.75, 3.05) is 0 Å². The Bertz CT molecular complexity index is 1300. The molecule has 0 aliphatic heterocycles. The van der Waals surface area contributed by atoms with Crippen LogP contribution >= 0.6 is 8.58 Å². The van der Waals surface area contributed by atoms with Crippen molar-refractivity contribution in [1.82, 2.24) is 0 Å². The van der Waals surface area contributed by atoms with E-state index in [2.05, 4.69) is 89.2 Å². The summed E-state index contributed by atoms with van der Waals surface area (Å²) >= 11 is 0. The number of hydrogen-bond donors (Lipinski definition) is 0. The molecule has 0 amide bonds. The first-order chi connectivity index (χ1) is 16.8. The van der Waals surface area contributed by atoms with Gasteiger partial charge in [0.15, 0.2) is 0 Å². The summed E-state index contributed by atoms with van der Waals surface area (Å²) in [7, 11) is 0.464. The fraction of sp³-hybridized carbons (Fsp3) is 0.219. The highest BCUT2D eigenvalue weighted by Crippen LogP contribution is 2.32. The molecule has 0 bridgehead atoms. The number of para-hydroxylation sites is 1. The Morgan fingerprint density at radius 1 is 0.800 bits per heavy atom. The first-order valence-electron chi connectivity index (χ1n) is 12.1. The van der Waals surface area contributed by atoms with Crippen LogP contribution in [0.4, 0.5) is 5.69 Å². The van der Waals surface area contributed by atoms with Gasteiger partial charge in [0, 0.05) is 17.1 Å². The maximum Gasteiger partial charge on any atom is 0.130 e. The van der Waals surface area contributed by atoms with Gasteiger partial charge in [0.05, 0.1) is 5.69 Å². The average molecular weight is 480 g/mol. The minimum atomic E-state index is 0.0608. The van der Waals surface area contributed by atoms with Gasteiger partial charge in [-0.3, -0.25) is 4.99 Å². The first kappa shape index (κ1) is 24.9. The van der Waals surface area contributed by atoms with Crippen LogP contribution in [0, 0.1) is 13.8 Å². The van der Waals surface area contributed by atoms with Gasteiger partial charge in [-0.15, -0.1) is 0 Å². The van der Waals surface area contributed by atoms with Crippen molar-refractivity contribution in [3.05, 3.63) is 119 Å². The van der Waals surface area contributed by atoms with E-state index in [0.29, 0.717) is 15.2 Å². The normalized spacial score (nSPS) is 12.0. The lowest BCUT2D eigenvalue weighted by molar-refractivity contribution is 0.306. The highest BCUT2D eigenvalue weighted by molar-refractivity contribution is 7.56. The van der Waals surface area contributed by atoms with Crippen molar-refractivity contribution in [2.24, 2.45) is 4.99 Å². The van der Waals surface area contributed by atoms with E-state index in [9.17, 15) is 0 Å². The van der Waals surface area contributed by atoms with E-state index < -0.39 is 0 Å². The van der Waals surface area contributed by atoms with Gasteiger partial charge < -0.3 is 4.74 Å². The largest absolute Gasteiger partial charge is 0.488 e. The van der Waals surface area contributed by atoms with Crippen molar-refractivity contribution < 1.29 is 4.74 Å². The van der Waals surface area contributed by atoms with Crippen LogP contribution in [0.3, 0.4) is 0 Å². The van der Waals surface area contributed by atoms with Gasteiger partial charge in [0.25, 0.3) is 0 Å². The van der Waals surface area contributed by atoms with Crippen LogP contribution in [-0.4, -0.2) is 6.21 Å². The quantitative estimate of drug-likeness (QED) is 0.198. The fourth-order valence-electron chi connectivity index (χ4n) is 3.98. The second kappa shape index (κ2) is 11.0. The van der Waals surface area contributed by atoms with Crippen LogP contribution < -0.4 is 15.3 Å². The Balaban J connectivity index is 1.73. The van der Waals surface area contributed by atoms with Gasteiger partial charge in [0.1, 0.15) is 12.4 Å². The van der Waals surface area contributed by atoms with Crippen molar-refractivity contribution >= 4 is 31.1 Å². The molecule has 2 nitrogen and oxygen atoms in total. The number of rotatable bonds is 7. The minimum absolute atomic E-state index is 0.0608. The summed E-state index contributed by atoms with van der Waals surface area (Å²) in [6.07, 6.45) is 2.00. The van der Waals surface area contributed by atoms with Crippen LogP contribution in [0.5, 0.6) is 5.75 Å². The van der Waals surface area contributed by atoms with Crippen LogP contribution in [0.25, 0.3) is 0 Å². The molecule has 0 radical (unpaired) electrons. The molecule has 1 unspecified atom stereocenters. The monoisotopic (exact) mass is 479 g/mol. The first-order valence-corrected chi connectivity index (χ1v) is 13.1. The highest BCUT2D eigenvalue weighted by atomic mass is 31.1. The number of nitrogens with zero attached hydrogens (tertiary/aromatic N) is 1. The molecule has 0 aromatic heterocycles. The van der Waals surface area contributed by atoms with Gasteiger partial charge in [-0.2, -0.15) is 0 Å². The molecule has 0 spiro atoms. The van der Waals surface area contributed by atoms with Crippen molar-refractivity contribution in [1.29, 1.82) is 0 Å². The van der Waals surface area contributed by atoms with Gasteiger partial charge >= 0.3 is 0 Å². The van der Waals surface area contributed by atoms with Gasteiger partial charge in [-0.1, -0.05) is 102 Å². The lowest BCUT2D eigenvalue weighted by Gasteiger charge is -2.24. The Morgan fingerprint density at radius 2 is 1.49 bits per heavy atom. The van der Waals surface area contributed by atoms with E-state index in [1.54, 1.807) is 0 Å². The Kier molecular flexibility index (Phi) is 7.83. The molecule has 0 saturated carbocycles. The molecule has 3 heteroatoms. The van der Waals surface area contributed by atoms with Gasteiger partial charge in [-0.05, 0) is 65.0 Å². The van der Waals surface area contributed by atoms with Gasteiger partial charge in [-0.25, -0.2) is 0 Å². The Hall–Kier alpha value is -3.22. The second-order valence-corrected chi connectivity index (χ2v) is 11.2. The summed E-state index contributed by atoms with van der Waals surface area (Å²) in [5, 5.41) is 2.55. The number of ether oxygens (including phenoxy) is 1. The SMILES string of the molecule is Cc1cc(C(C)(C)C)cc(Pc2c(C)cccc2C=Nc2ccccc2)c1OCc1ccccc1. The maximum absolute atomic E-state index is 6.48. The zero-order valence-corrected chi connectivity index (χ0v) is 22.3. The van der Waals surface area contributed by atoms with Crippen molar-refractivity contribution in [3.63, 3.8) is 0 Å². The van der Waals surface area contributed by atoms with Crippen molar-refractivity contribution in [3.8, 4) is 5.75 Å². The van der Waals surface area contributed by atoms with E-state index in [0.717, 1.165) is 17.0 Å². The zero-order chi connectivity index (χ0) is 24.8. The molecule has 35 heavy (non-hydrogen) atoms. The summed E-state index contributed by atoms with van der Waals surface area (Å²) in [5.74, 6) is 0.995. The van der Waals surface area contributed by atoms with Crippen molar-refractivity contribution in [2.45, 2.75) is 46.6 Å². The number of hydrogen-bond acceptors (Lipinski definition) is 2. The molecule has 0 aliphatic rings. The summed E-state index contributed by atoms with van der Waals surface area (Å²) < 4.78 is 6.48. The molecule has 4 rings (SSSR count). The molecular formula is C32H34NOP. The molecule has 0 fully saturated rings. The van der Waals surface area contributed by atoms with E-state index >= 15 is 0 Å². The molecule has 0 N–H and O–H groups in total. The smallest absolute Gasteiger partial charge is 0.130 e. The standard InChI is InChI=1S/C32H34NOP/c1-23-13-12-16-26(21-33-28-17-10-7-11-18-28)31(23)35-29-20-27(32(3,4)5)19-24(2)30(29)34-22-25-14-8-6-9-15-25/h6-21,35H,22H2,1-5H3. The molecular weight excluding hydrogens is 445 g/mol. The van der Waals surface area contributed by atoms with Crippen LogP contribution in [0.1, 0.15) is 48.6 Å². The van der Waals surface area contributed by atoms with Crippen LogP contribution in [-0.2, 0) is 12.0 Å².